The molecular formula is C24H28N6O2. The molecule has 32 heavy (non-hydrogen) atoms. The zero-order chi connectivity index (χ0) is 22.3. The summed E-state index contributed by atoms with van der Waals surface area (Å²) in [5.74, 6) is 3.06. The predicted octanol–water partition coefficient (Wildman–Crippen LogP) is 5.17. The predicted molar refractivity (Wildman–Crippen MR) is 128 cm³/mol. The fourth-order valence-electron chi connectivity index (χ4n) is 3.72. The van der Waals surface area contributed by atoms with Crippen LogP contribution in [0.3, 0.4) is 0 Å². The maximum atomic E-state index is 12.3. The van der Waals surface area contributed by atoms with Gasteiger partial charge in [0.1, 0.15) is 23.2 Å². The van der Waals surface area contributed by atoms with Gasteiger partial charge in [0.25, 0.3) is 0 Å². The summed E-state index contributed by atoms with van der Waals surface area (Å²) in [5.41, 5.74) is 2.16. The summed E-state index contributed by atoms with van der Waals surface area (Å²) in [6.07, 6.45) is 3.68. The van der Waals surface area contributed by atoms with E-state index in [4.69, 9.17) is 4.74 Å². The molecule has 1 fully saturated rings. The van der Waals surface area contributed by atoms with Gasteiger partial charge >= 0.3 is 6.03 Å². The highest BCUT2D eigenvalue weighted by Crippen LogP contribution is 2.25. The molecule has 4 rings (SSSR count). The van der Waals surface area contributed by atoms with Gasteiger partial charge in [-0.05, 0) is 62.6 Å². The second kappa shape index (κ2) is 10.00. The van der Waals surface area contributed by atoms with Gasteiger partial charge in [0.05, 0.1) is 12.8 Å². The zero-order valence-electron chi connectivity index (χ0n) is 18.4. The highest BCUT2D eigenvalue weighted by molar-refractivity contribution is 6.00. The van der Waals surface area contributed by atoms with E-state index in [1.54, 1.807) is 19.2 Å². The molecule has 0 radical (unpaired) electrons. The molecule has 1 aliphatic rings. The van der Waals surface area contributed by atoms with Gasteiger partial charge in [-0.2, -0.15) is 0 Å². The quantitative estimate of drug-likeness (QED) is 0.498. The molecule has 8 heteroatoms. The van der Waals surface area contributed by atoms with E-state index in [9.17, 15) is 4.79 Å². The first kappa shape index (κ1) is 21.4. The number of aryl methyl sites for hydroxylation is 1. The van der Waals surface area contributed by atoms with Crippen LogP contribution in [0.5, 0.6) is 5.75 Å². The van der Waals surface area contributed by atoms with Gasteiger partial charge in [-0.1, -0.05) is 12.1 Å². The molecule has 1 saturated heterocycles. The number of anilines is 5. The SMILES string of the molecule is COc1ccccc1NC(=O)Nc1ccc(Nc2cc(N3CCCCC3)nc(C)n2)cc1. The van der Waals surface area contributed by atoms with Crippen molar-refractivity contribution in [1.82, 2.24) is 9.97 Å². The largest absolute Gasteiger partial charge is 0.495 e. The highest BCUT2D eigenvalue weighted by atomic mass is 16.5. The molecule has 2 aromatic carbocycles. The number of nitrogens with one attached hydrogen (secondary N) is 3. The van der Waals surface area contributed by atoms with Crippen LogP contribution < -0.4 is 25.6 Å². The zero-order valence-corrected chi connectivity index (χ0v) is 18.4. The molecule has 3 N–H and O–H groups in total. The number of nitrogens with zero attached hydrogens (tertiary/aromatic N) is 3. The van der Waals surface area contributed by atoms with Crippen LogP contribution in [-0.2, 0) is 0 Å². The standard InChI is InChI=1S/C24H28N6O2/c1-17-25-22(16-23(26-17)30-14-6-3-7-15-30)27-18-10-12-19(13-11-18)28-24(31)29-20-8-4-5-9-21(20)32-2/h4-5,8-13,16H,3,6-7,14-15H2,1-2H3,(H,25,26,27)(H2,28,29,31). The average molecular weight is 433 g/mol. The summed E-state index contributed by atoms with van der Waals surface area (Å²) in [4.78, 5) is 23.8. The van der Waals surface area contributed by atoms with Crippen LogP contribution in [0.2, 0.25) is 0 Å². The monoisotopic (exact) mass is 432 g/mol. The van der Waals surface area contributed by atoms with Crippen molar-refractivity contribution in [2.75, 3.05) is 41.0 Å². The van der Waals surface area contributed by atoms with Crippen molar-refractivity contribution in [3.63, 3.8) is 0 Å². The minimum atomic E-state index is -0.340. The van der Waals surface area contributed by atoms with Gasteiger partial charge in [-0.25, -0.2) is 14.8 Å². The van der Waals surface area contributed by atoms with Crippen molar-refractivity contribution in [3.05, 3.63) is 60.4 Å². The molecule has 0 spiro atoms. The molecule has 0 unspecified atom stereocenters. The normalized spacial score (nSPS) is 13.4. The first-order valence-corrected chi connectivity index (χ1v) is 10.8. The van der Waals surface area contributed by atoms with Gasteiger partial charge in [-0.3, -0.25) is 0 Å². The number of carbonyl (C=O) groups excluding carboxylic acids is 1. The van der Waals surface area contributed by atoms with Gasteiger partial charge < -0.3 is 25.6 Å². The number of benzene rings is 2. The Hall–Kier alpha value is -3.81. The van der Waals surface area contributed by atoms with E-state index in [-0.39, 0.29) is 6.03 Å². The minimum Gasteiger partial charge on any atom is -0.495 e. The number of methoxy groups -OCH3 is 1. The number of amides is 2. The number of aromatic nitrogens is 2. The van der Waals surface area contributed by atoms with Gasteiger partial charge in [-0.15, -0.1) is 0 Å². The van der Waals surface area contributed by atoms with Crippen LogP contribution in [0.15, 0.2) is 54.6 Å². The van der Waals surface area contributed by atoms with Gasteiger partial charge in [0, 0.05) is 30.5 Å². The topological polar surface area (TPSA) is 91.4 Å². The molecule has 1 aromatic heterocycles. The lowest BCUT2D eigenvalue weighted by Gasteiger charge is -2.28. The lowest BCUT2D eigenvalue weighted by atomic mass is 10.1. The summed E-state index contributed by atoms with van der Waals surface area (Å²) < 4.78 is 5.26. The number of ether oxygens (including phenoxy) is 1. The Balaban J connectivity index is 1.38. The van der Waals surface area contributed by atoms with E-state index in [2.05, 4.69) is 30.8 Å². The van der Waals surface area contributed by atoms with E-state index < -0.39 is 0 Å². The van der Waals surface area contributed by atoms with Crippen LogP contribution in [0.1, 0.15) is 25.1 Å². The Morgan fingerprint density at radius 3 is 2.41 bits per heavy atom. The van der Waals surface area contributed by atoms with Gasteiger partial charge in [0.2, 0.25) is 0 Å². The van der Waals surface area contributed by atoms with E-state index in [1.807, 2.05) is 49.4 Å². The number of hydrogen-bond donors (Lipinski definition) is 3. The third-order valence-electron chi connectivity index (χ3n) is 5.27. The molecule has 0 saturated carbocycles. The van der Waals surface area contributed by atoms with Crippen molar-refractivity contribution in [3.8, 4) is 5.75 Å². The lowest BCUT2D eigenvalue weighted by molar-refractivity contribution is 0.262. The summed E-state index contributed by atoms with van der Waals surface area (Å²) in [7, 11) is 1.57. The molecule has 0 bridgehead atoms. The van der Waals surface area contributed by atoms with Crippen LogP contribution in [0.25, 0.3) is 0 Å². The molecule has 2 heterocycles. The fourth-order valence-corrected chi connectivity index (χ4v) is 3.72. The van der Waals surface area contributed by atoms with Crippen molar-refractivity contribution < 1.29 is 9.53 Å². The molecule has 2 amide bonds. The number of urea groups is 1. The summed E-state index contributed by atoms with van der Waals surface area (Å²) in [6.45, 7) is 3.98. The molecular weight excluding hydrogens is 404 g/mol. The summed E-state index contributed by atoms with van der Waals surface area (Å²) in [5, 5.41) is 8.96. The molecule has 0 aliphatic carbocycles. The first-order chi connectivity index (χ1) is 15.6. The Morgan fingerprint density at radius 2 is 1.66 bits per heavy atom. The number of carbonyl (C=O) groups is 1. The molecule has 8 nitrogen and oxygen atoms in total. The first-order valence-electron chi connectivity index (χ1n) is 10.8. The smallest absolute Gasteiger partial charge is 0.323 e. The van der Waals surface area contributed by atoms with E-state index >= 15 is 0 Å². The second-order valence-corrected chi connectivity index (χ2v) is 7.69. The highest BCUT2D eigenvalue weighted by Gasteiger charge is 2.14. The molecule has 3 aromatic rings. The van der Waals surface area contributed by atoms with Crippen LogP contribution in [-0.4, -0.2) is 36.2 Å². The average Bonchev–Trinajstić information content (AvgIpc) is 2.81. The Bertz CT molecular complexity index is 1060. The molecule has 0 atom stereocenters. The summed E-state index contributed by atoms with van der Waals surface area (Å²) >= 11 is 0. The van der Waals surface area contributed by atoms with Crippen molar-refractivity contribution >= 4 is 34.7 Å². The van der Waals surface area contributed by atoms with E-state index in [1.165, 1.54) is 19.3 Å². The number of para-hydroxylation sites is 2. The number of hydrogen-bond acceptors (Lipinski definition) is 6. The van der Waals surface area contributed by atoms with Crippen molar-refractivity contribution in [2.24, 2.45) is 0 Å². The maximum Gasteiger partial charge on any atom is 0.323 e. The maximum absolute atomic E-state index is 12.3. The third kappa shape index (κ3) is 5.46. The Labute approximate surface area is 188 Å². The van der Waals surface area contributed by atoms with Crippen molar-refractivity contribution in [2.45, 2.75) is 26.2 Å². The molecule has 1 aliphatic heterocycles. The van der Waals surface area contributed by atoms with E-state index in [0.29, 0.717) is 17.1 Å². The second-order valence-electron chi connectivity index (χ2n) is 7.69. The number of piperidine rings is 1. The van der Waals surface area contributed by atoms with Gasteiger partial charge in [0.15, 0.2) is 0 Å². The Kier molecular flexibility index (Phi) is 6.69. The van der Waals surface area contributed by atoms with Crippen molar-refractivity contribution in [1.29, 1.82) is 0 Å². The summed E-state index contributed by atoms with van der Waals surface area (Å²) in [6, 6.07) is 16.4. The van der Waals surface area contributed by atoms with Crippen LogP contribution >= 0.6 is 0 Å². The van der Waals surface area contributed by atoms with Crippen LogP contribution in [0.4, 0.5) is 33.5 Å². The third-order valence-corrected chi connectivity index (χ3v) is 5.27. The number of rotatable bonds is 6. The molecule has 166 valence electrons. The lowest BCUT2D eigenvalue weighted by Crippen LogP contribution is -2.30. The minimum absolute atomic E-state index is 0.340. The Morgan fingerprint density at radius 1 is 0.938 bits per heavy atom. The van der Waals surface area contributed by atoms with E-state index in [0.717, 1.165) is 36.2 Å². The fraction of sp³-hybridized carbons (Fsp3) is 0.292. The van der Waals surface area contributed by atoms with Crippen LogP contribution in [0, 0.1) is 6.92 Å².